The molecule has 1 aromatic rings. The fourth-order valence-corrected chi connectivity index (χ4v) is 2.46. The van der Waals surface area contributed by atoms with Crippen LogP contribution >= 0.6 is 0 Å². The number of anilines is 1. The standard InChI is InChI=1S/C14H17F3N2O2/c1-21-10-4-5-11(12(18)7-10)13(20)19-6-2-3-9(8-19)14(15,16)17/h4-5,7,9H,2-3,6,8,18H2,1H3. The molecule has 1 fully saturated rings. The molecule has 1 saturated heterocycles. The predicted octanol–water partition coefficient (Wildman–Crippen LogP) is 2.69. The van der Waals surface area contributed by atoms with E-state index in [9.17, 15) is 18.0 Å². The van der Waals surface area contributed by atoms with Crippen LogP contribution in [0.4, 0.5) is 18.9 Å². The van der Waals surface area contributed by atoms with E-state index in [-0.39, 0.29) is 24.2 Å². The third-order valence-corrected chi connectivity index (χ3v) is 3.66. The summed E-state index contributed by atoms with van der Waals surface area (Å²) < 4.78 is 43.3. The van der Waals surface area contributed by atoms with E-state index in [2.05, 4.69) is 0 Å². The summed E-state index contributed by atoms with van der Waals surface area (Å²) in [6.07, 6.45) is -3.87. The molecule has 1 unspecified atom stereocenters. The van der Waals surface area contributed by atoms with Gasteiger partial charge in [0.25, 0.3) is 5.91 Å². The highest BCUT2D eigenvalue weighted by atomic mass is 19.4. The first-order valence-electron chi connectivity index (χ1n) is 6.62. The van der Waals surface area contributed by atoms with E-state index in [0.29, 0.717) is 18.7 Å². The minimum Gasteiger partial charge on any atom is -0.497 e. The molecule has 4 nitrogen and oxygen atoms in total. The van der Waals surface area contributed by atoms with E-state index in [1.807, 2.05) is 0 Å². The van der Waals surface area contributed by atoms with Crippen molar-refractivity contribution in [2.75, 3.05) is 25.9 Å². The largest absolute Gasteiger partial charge is 0.497 e. The number of carbonyl (C=O) groups is 1. The molecular weight excluding hydrogens is 285 g/mol. The van der Waals surface area contributed by atoms with Gasteiger partial charge >= 0.3 is 6.18 Å². The third kappa shape index (κ3) is 3.40. The lowest BCUT2D eigenvalue weighted by molar-refractivity contribution is -0.184. The van der Waals surface area contributed by atoms with Crippen molar-refractivity contribution < 1.29 is 22.7 Å². The highest BCUT2D eigenvalue weighted by Gasteiger charge is 2.42. The van der Waals surface area contributed by atoms with Gasteiger partial charge in [0.15, 0.2) is 0 Å². The van der Waals surface area contributed by atoms with Crippen LogP contribution in [-0.2, 0) is 0 Å². The summed E-state index contributed by atoms with van der Waals surface area (Å²) in [5, 5.41) is 0. The number of rotatable bonds is 2. The lowest BCUT2D eigenvalue weighted by Gasteiger charge is -2.34. The van der Waals surface area contributed by atoms with Crippen molar-refractivity contribution in [3.8, 4) is 5.75 Å². The lowest BCUT2D eigenvalue weighted by Crippen LogP contribution is -2.44. The number of hydrogen-bond donors (Lipinski definition) is 1. The number of nitrogens with zero attached hydrogens (tertiary/aromatic N) is 1. The second-order valence-electron chi connectivity index (χ2n) is 5.09. The Morgan fingerprint density at radius 3 is 2.71 bits per heavy atom. The number of ether oxygens (including phenoxy) is 1. The number of benzene rings is 1. The Morgan fingerprint density at radius 1 is 1.43 bits per heavy atom. The van der Waals surface area contributed by atoms with Gasteiger partial charge in [0, 0.05) is 24.8 Å². The third-order valence-electron chi connectivity index (χ3n) is 3.66. The highest BCUT2D eigenvalue weighted by molar-refractivity contribution is 5.99. The molecule has 7 heteroatoms. The fourth-order valence-electron chi connectivity index (χ4n) is 2.46. The van der Waals surface area contributed by atoms with Gasteiger partial charge in [-0.25, -0.2) is 0 Å². The maximum atomic E-state index is 12.8. The Morgan fingerprint density at radius 2 is 2.14 bits per heavy atom. The predicted molar refractivity (Wildman–Crippen MR) is 72.1 cm³/mol. The van der Waals surface area contributed by atoms with Crippen molar-refractivity contribution in [3.05, 3.63) is 23.8 Å². The maximum absolute atomic E-state index is 12.8. The zero-order valence-electron chi connectivity index (χ0n) is 11.6. The van der Waals surface area contributed by atoms with E-state index in [1.165, 1.54) is 24.1 Å². The molecular formula is C14H17F3N2O2. The van der Waals surface area contributed by atoms with Gasteiger partial charge in [-0.1, -0.05) is 0 Å². The number of carbonyl (C=O) groups excluding carboxylic acids is 1. The van der Waals surface area contributed by atoms with Crippen molar-refractivity contribution in [2.24, 2.45) is 5.92 Å². The number of nitrogens with two attached hydrogens (primary N) is 1. The van der Waals surface area contributed by atoms with Gasteiger partial charge in [-0.3, -0.25) is 4.79 Å². The van der Waals surface area contributed by atoms with Crippen LogP contribution in [0, 0.1) is 5.92 Å². The minimum absolute atomic E-state index is 0.0609. The number of methoxy groups -OCH3 is 1. The molecule has 0 bridgehead atoms. The Hall–Kier alpha value is -1.92. The smallest absolute Gasteiger partial charge is 0.393 e. The molecule has 1 amide bonds. The van der Waals surface area contributed by atoms with Crippen LogP contribution in [-0.4, -0.2) is 37.2 Å². The number of halogens is 3. The van der Waals surface area contributed by atoms with E-state index in [1.54, 1.807) is 6.07 Å². The first kappa shape index (κ1) is 15.5. The normalized spacial score (nSPS) is 19.4. The van der Waals surface area contributed by atoms with Crippen molar-refractivity contribution in [1.29, 1.82) is 0 Å². The van der Waals surface area contributed by atoms with Crippen molar-refractivity contribution in [1.82, 2.24) is 4.90 Å². The molecule has 1 aliphatic heterocycles. The minimum atomic E-state index is -4.27. The van der Waals surface area contributed by atoms with Gasteiger partial charge < -0.3 is 15.4 Å². The average molecular weight is 302 g/mol. The van der Waals surface area contributed by atoms with E-state index < -0.39 is 18.0 Å². The summed E-state index contributed by atoms with van der Waals surface area (Å²) in [6.45, 7) is 0.00465. The number of hydrogen-bond acceptors (Lipinski definition) is 3. The molecule has 21 heavy (non-hydrogen) atoms. The average Bonchev–Trinajstić information content (AvgIpc) is 2.45. The van der Waals surface area contributed by atoms with Crippen LogP contribution in [0.1, 0.15) is 23.2 Å². The van der Waals surface area contributed by atoms with Gasteiger partial charge in [-0.15, -0.1) is 0 Å². The molecule has 1 heterocycles. The summed E-state index contributed by atoms with van der Waals surface area (Å²) in [5.74, 6) is -1.44. The van der Waals surface area contributed by atoms with Crippen molar-refractivity contribution in [3.63, 3.8) is 0 Å². The first-order chi connectivity index (χ1) is 9.82. The fraction of sp³-hybridized carbons (Fsp3) is 0.500. The number of nitrogen functional groups attached to an aromatic ring is 1. The molecule has 116 valence electrons. The van der Waals surface area contributed by atoms with Gasteiger partial charge in [-0.2, -0.15) is 13.2 Å². The quantitative estimate of drug-likeness (QED) is 0.855. The van der Waals surface area contributed by atoms with E-state index in [4.69, 9.17) is 10.5 Å². The van der Waals surface area contributed by atoms with Crippen LogP contribution in [0.15, 0.2) is 18.2 Å². The van der Waals surface area contributed by atoms with Gasteiger partial charge in [0.1, 0.15) is 5.75 Å². The van der Waals surface area contributed by atoms with Crippen molar-refractivity contribution in [2.45, 2.75) is 19.0 Å². The Balaban J connectivity index is 2.16. The van der Waals surface area contributed by atoms with E-state index in [0.717, 1.165) is 0 Å². The zero-order valence-corrected chi connectivity index (χ0v) is 11.6. The van der Waals surface area contributed by atoms with Crippen LogP contribution < -0.4 is 10.5 Å². The van der Waals surface area contributed by atoms with Gasteiger partial charge in [0.2, 0.25) is 0 Å². The molecule has 1 aromatic carbocycles. The second kappa shape index (κ2) is 5.83. The maximum Gasteiger partial charge on any atom is 0.393 e. The van der Waals surface area contributed by atoms with Crippen LogP contribution in [0.3, 0.4) is 0 Å². The Bertz CT molecular complexity index is 531. The lowest BCUT2D eigenvalue weighted by atomic mass is 9.96. The summed E-state index contributed by atoms with van der Waals surface area (Å²) in [5.41, 5.74) is 6.18. The Kier molecular flexibility index (Phi) is 4.29. The Labute approximate surface area is 120 Å². The molecule has 0 aromatic heterocycles. The second-order valence-corrected chi connectivity index (χ2v) is 5.09. The van der Waals surface area contributed by atoms with Gasteiger partial charge in [0.05, 0.1) is 18.6 Å². The SMILES string of the molecule is COc1ccc(C(=O)N2CCCC(C(F)(F)F)C2)c(N)c1. The van der Waals surface area contributed by atoms with Crippen molar-refractivity contribution >= 4 is 11.6 Å². The summed E-state index contributed by atoms with van der Waals surface area (Å²) >= 11 is 0. The number of amides is 1. The topological polar surface area (TPSA) is 55.6 Å². The molecule has 2 rings (SSSR count). The number of likely N-dealkylation sites (tertiary alicyclic amines) is 1. The van der Waals surface area contributed by atoms with Crippen LogP contribution in [0.2, 0.25) is 0 Å². The molecule has 2 N–H and O–H groups in total. The summed E-state index contributed by atoms with van der Waals surface area (Å²) in [4.78, 5) is 13.6. The summed E-state index contributed by atoms with van der Waals surface area (Å²) in [7, 11) is 1.47. The molecule has 0 saturated carbocycles. The van der Waals surface area contributed by atoms with Crippen LogP contribution in [0.5, 0.6) is 5.75 Å². The zero-order chi connectivity index (χ0) is 15.6. The van der Waals surface area contributed by atoms with E-state index >= 15 is 0 Å². The molecule has 0 spiro atoms. The highest BCUT2D eigenvalue weighted by Crippen LogP contribution is 2.34. The summed E-state index contributed by atoms with van der Waals surface area (Å²) in [6, 6.07) is 4.53. The molecule has 0 aliphatic carbocycles. The number of piperidine rings is 1. The van der Waals surface area contributed by atoms with Crippen LogP contribution in [0.25, 0.3) is 0 Å². The van der Waals surface area contributed by atoms with Gasteiger partial charge in [-0.05, 0) is 25.0 Å². The number of alkyl halides is 3. The monoisotopic (exact) mass is 302 g/mol. The first-order valence-corrected chi connectivity index (χ1v) is 6.62. The molecule has 1 atom stereocenters. The molecule has 0 radical (unpaired) electrons. The molecule has 1 aliphatic rings.